The van der Waals surface area contributed by atoms with Gasteiger partial charge in [0, 0.05) is 6.04 Å². The lowest BCUT2D eigenvalue weighted by Gasteiger charge is -2.22. The molecule has 2 rings (SSSR count). The van der Waals surface area contributed by atoms with Crippen LogP contribution in [-0.4, -0.2) is 12.5 Å². The van der Waals surface area contributed by atoms with Crippen LogP contribution in [0.4, 0.5) is 5.69 Å². The maximum absolute atomic E-state index is 12.2. The lowest BCUT2D eigenvalue weighted by Crippen LogP contribution is -2.33. The quantitative estimate of drug-likeness (QED) is 0.858. The Morgan fingerprint density at radius 1 is 1.09 bits per heavy atom. The molecule has 0 aliphatic rings. The zero-order chi connectivity index (χ0) is 16.7. The van der Waals surface area contributed by atoms with Crippen molar-refractivity contribution in [1.82, 2.24) is 5.32 Å². The minimum atomic E-state index is -0.158. The molecule has 0 radical (unpaired) electrons. The molecule has 0 spiro atoms. The third kappa shape index (κ3) is 4.67. The van der Waals surface area contributed by atoms with Crippen LogP contribution in [0.25, 0.3) is 0 Å². The molecule has 23 heavy (non-hydrogen) atoms. The number of nitrogens with one attached hydrogen (secondary N) is 2. The highest BCUT2D eigenvalue weighted by Crippen LogP contribution is 2.21. The molecule has 0 aromatic heterocycles. The predicted octanol–water partition coefficient (Wildman–Crippen LogP) is 3.48. The van der Waals surface area contributed by atoms with Crippen molar-refractivity contribution < 1.29 is 4.79 Å². The highest BCUT2D eigenvalue weighted by molar-refractivity contribution is 5.93. The summed E-state index contributed by atoms with van der Waals surface area (Å²) in [5.74, 6) is 0.200. The van der Waals surface area contributed by atoms with Gasteiger partial charge in [0.2, 0.25) is 5.91 Å². The number of benzene rings is 2. The maximum Gasteiger partial charge on any atom is 0.238 e. The Bertz CT molecular complexity index is 689. The number of hydrogen-bond donors (Lipinski definition) is 2. The Morgan fingerprint density at radius 3 is 2.39 bits per heavy atom. The van der Waals surface area contributed by atoms with Gasteiger partial charge in [-0.2, -0.15) is 5.26 Å². The van der Waals surface area contributed by atoms with Crippen molar-refractivity contribution in [2.75, 3.05) is 11.9 Å². The summed E-state index contributed by atoms with van der Waals surface area (Å²) in [5.41, 5.74) is 2.17. The van der Waals surface area contributed by atoms with Gasteiger partial charge in [0.1, 0.15) is 6.07 Å². The molecule has 4 nitrogen and oxygen atoms in total. The Balaban J connectivity index is 1.99. The van der Waals surface area contributed by atoms with E-state index in [2.05, 4.69) is 42.7 Å². The molecule has 1 atom stereocenters. The summed E-state index contributed by atoms with van der Waals surface area (Å²) in [7, 11) is 0. The number of rotatable bonds is 6. The van der Waals surface area contributed by atoms with Gasteiger partial charge in [-0.15, -0.1) is 0 Å². The topological polar surface area (TPSA) is 64.9 Å². The van der Waals surface area contributed by atoms with Crippen LogP contribution in [0.15, 0.2) is 54.6 Å². The monoisotopic (exact) mass is 307 g/mol. The molecule has 4 heteroatoms. The molecule has 0 aliphatic heterocycles. The van der Waals surface area contributed by atoms with Crippen LogP contribution >= 0.6 is 0 Å². The van der Waals surface area contributed by atoms with Gasteiger partial charge in [-0.25, -0.2) is 0 Å². The van der Waals surface area contributed by atoms with Gasteiger partial charge in [0.25, 0.3) is 0 Å². The molecule has 0 saturated heterocycles. The van der Waals surface area contributed by atoms with E-state index in [1.165, 1.54) is 0 Å². The molecule has 0 bridgehead atoms. The van der Waals surface area contributed by atoms with Gasteiger partial charge in [0.15, 0.2) is 0 Å². The number of para-hydroxylation sites is 1. The molecule has 1 amide bonds. The number of hydrogen-bond acceptors (Lipinski definition) is 3. The fourth-order valence-corrected chi connectivity index (χ4v) is 2.49. The van der Waals surface area contributed by atoms with E-state index >= 15 is 0 Å². The van der Waals surface area contributed by atoms with Crippen molar-refractivity contribution in [1.29, 1.82) is 5.26 Å². The molecule has 0 unspecified atom stereocenters. The number of nitrogens with zero attached hydrogens (tertiary/aromatic N) is 1. The van der Waals surface area contributed by atoms with Crippen molar-refractivity contribution in [2.45, 2.75) is 19.9 Å². The van der Waals surface area contributed by atoms with Crippen LogP contribution in [0, 0.1) is 17.2 Å². The number of amides is 1. The van der Waals surface area contributed by atoms with E-state index in [0.717, 1.165) is 5.56 Å². The number of anilines is 1. The Morgan fingerprint density at radius 2 is 1.74 bits per heavy atom. The minimum absolute atomic E-state index is 0.105. The van der Waals surface area contributed by atoms with Gasteiger partial charge in [-0.05, 0) is 23.6 Å². The maximum atomic E-state index is 12.2. The molecular weight excluding hydrogens is 286 g/mol. The van der Waals surface area contributed by atoms with E-state index in [-0.39, 0.29) is 18.5 Å². The van der Waals surface area contributed by atoms with Crippen LogP contribution in [0.1, 0.15) is 31.0 Å². The lowest BCUT2D eigenvalue weighted by atomic mass is 9.96. The Labute approximate surface area is 137 Å². The summed E-state index contributed by atoms with van der Waals surface area (Å²) in [6.07, 6.45) is 0. The second-order valence-corrected chi connectivity index (χ2v) is 5.72. The van der Waals surface area contributed by atoms with Gasteiger partial charge in [-0.1, -0.05) is 56.3 Å². The van der Waals surface area contributed by atoms with Crippen molar-refractivity contribution in [3.63, 3.8) is 0 Å². The first-order valence-corrected chi connectivity index (χ1v) is 7.69. The van der Waals surface area contributed by atoms with E-state index in [1.807, 2.05) is 18.2 Å². The van der Waals surface area contributed by atoms with E-state index in [4.69, 9.17) is 5.26 Å². The summed E-state index contributed by atoms with van der Waals surface area (Å²) in [5, 5.41) is 15.1. The van der Waals surface area contributed by atoms with Crippen molar-refractivity contribution in [3.8, 4) is 6.07 Å². The highest BCUT2D eigenvalue weighted by Gasteiger charge is 2.16. The van der Waals surface area contributed by atoms with E-state index < -0.39 is 0 Å². The summed E-state index contributed by atoms with van der Waals surface area (Å²) < 4.78 is 0. The second kappa shape index (κ2) is 8.11. The van der Waals surface area contributed by atoms with Crippen molar-refractivity contribution in [3.05, 3.63) is 65.7 Å². The SMILES string of the molecule is CC(C)[C@@H](NCC(=O)Nc1ccccc1C#N)c1ccccc1. The molecule has 118 valence electrons. The first-order chi connectivity index (χ1) is 11.1. The molecule has 0 aliphatic carbocycles. The molecule has 0 saturated carbocycles. The van der Waals surface area contributed by atoms with Crippen LogP contribution in [0.3, 0.4) is 0 Å². The van der Waals surface area contributed by atoms with Crippen LogP contribution in [-0.2, 0) is 4.79 Å². The van der Waals surface area contributed by atoms with E-state index in [9.17, 15) is 4.79 Å². The van der Waals surface area contributed by atoms with Crippen molar-refractivity contribution >= 4 is 11.6 Å². The second-order valence-electron chi connectivity index (χ2n) is 5.72. The summed E-state index contributed by atoms with van der Waals surface area (Å²) in [6.45, 7) is 4.43. The van der Waals surface area contributed by atoms with Gasteiger partial charge in [-0.3, -0.25) is 4.79 Å². The first-order valence-electron chi connectivity index (χ1n) is 7.69. The molecule has 2 aromatic rings. The lowest BCUT2D eigenvalue weighted by molar-refractivity contribution is -0.115. The normalized spacial score (nSPS) is 11.7. The standard InChI is InChI=1S/C19H21N3O/c1-14(2)19(15-8-4-3-5-9-15)21-13-18(23)22-17-11-7-6-10-16(17)12-20/h3-11,14,19,21H,13H2,1-2H3,(H,22,23)/t19-/m1/s1. The minimum Gasteiger partial charge on any atom is -0.324 e. The third-order valence-corrected chi connectivity index (χ3v) is 3.63. The fraction of sp³-hybridized carbons (Fsp3) is 0.263. The highest BCUT2D eigenvalue weighted by atomic mass is 16.1. The number of carbonyl (C=O) groups is 1. The largest absolute Gasteiger partial charge is 0.324 e. The van der Waals surface area contributed by atoms with Gasteiger partial charge >= 0.3 is 0 Å². The van der Waals surface area contributed by atoms with Crippen LogP contribution < -0.4 is 10.6 Å². The molecular formula is C19H21N3O. The molecule has 0 fully saturated rings. The average Bonchev–Trinajstić information content (AvgIpc) is 2.56. The zero-order valence-electron chi connectivity index (χ0n) is 13.4. The molecule has 0 heterocycles. The number of carbonyl (C=O) groups excluding carboxylic acids is 1. The number of nitriles is 1. The van der Waals surface area contributed by atoms with E-state index in [1.54, 1.807) is 24.3 Å². The molecule has 2 aromatic carbocycles. The van der Waals surface area contributed by atoms with Gasteiger partial charge in [0.05, 0.1) is 17.8 Å². The summed E-state index contributed by atoms with van der Waals surface area (Å²) in [4.78, 5) is 12.2. The average molecular weight is 307 g/mol. The summed E-state index contributed by atoms with van der Waals surface area (Å²) in [6, 6.07) is 19.2. The smallest absolute Gasteiger partial charge is 0.238 e. The summed E-state index contributed by atoms with van der Waals surface area (Å²) >= 11 is 0. The van der Waals surface area contributed by atoms with E-state index in [0.29, 0.717) is 17.2 Å². The van der Waals surface area contributed by atoms with Gasteiger partial charge < -0.3 is 10.6 Å². The Kier molecular flexibility index (Phi) is 5.90. The molecule has 2 N–H and O–H groups in total. The Hall–Kier alpha value is -2.64. The van der Waals surface area contributed by atoms with Crippen molar-refractivity contribution in [2.24, 2.45) is 5.92 Å². The van der Waals surface area contributed by atoms with Crippen LogP contribution in [0.5, 0.6) is 0 Å². The third-order valence-electron chi connectivity index (χ3n) is 3.63. The fourth-order valence-electron chi connectivity index (χ4n) is 2.49. The zero-order valence-corrected chi connectivity index (χ0v) is 13.4. The first kappa shape index (κ1) is 16.7. The predicted molar refractivity (Wildman–Crippen MR) is 91.8 cm³/mol. The van der Waals surface area contributed by atoms with Crippen LogP contribution in [0.2, 0.25) is 0 Å².